The fraction of sp³-hybridized carbons (Fsp3) is 0.0938. The standard InChI is InChI=1S/C32H28N4O5S/c1-21-7-6-8-23(17-21)19-29(35-31(38)24-9-4-3-5-10-24)32(39)33-25-11-14-27(15-12-25)42-20-30(37)34-28-16-13-26(36(40)41)18-22(28)2/h3-19H,20H2,1-2H3,(H,33,39)(H,34,37)(H,35,38)/b29-19-. The molecule has 0 heterocycles. The smallest absolute Gasteiger partial charge is 0.272 e. The van der Waals surface area contributed by atoms with Gasteiger partial charge >= 0.3 is 0 Å². The molecule has 0 radical (unpaired) electrons. The normalized spacial score (nSPS) is 11.0. The van der Waals surface area contributed by atoms with Crippen molar-refractivity contribution in [2.45, 2.75) is 18.7 Å². The van der Waals surface area contributed by atoms with Crippen LogP contribution < -0.4 is 16.0 Å². The number of amides is 3. The van der Waals surface area contributed by atoms with Crippen molar-refractivity contribution >= 4 is 52.6 Å². The summed E-state index contributed by atoms with van der Waals surface area (Å²) in [6.07, 6.45) is 1.62. The maximum Gasteiger partial charge on any atom is 0.272 e. The average molecular weight is 581 g/mol. The second-order valence-electron chi connectivity index (χ2n) is 9.36. The number of nitro groups is 1. The first-order chi connectivity index (χ1) is 20.2. The minimum Gasteiger partial charge on any atom is -0.325 e. The molecule has 0 aliphatic heterocycles. The molecule has 0 unspecified atom stereocenters. The van der Waals surface area contributed by atoms with Crippen molar-refractivity contribution in [1.82, 2.24) is 5.32 Å². The summed E-state index contributed by atoms with van der Waals surface area (Å²) >= 11 is 1.30. The van der Waals surface area contributed by atoms with Gasteiger partial charge in [-0.25, -0.2) is 0 Å². The van der Waals surface area contributed by atoms with E-state index in [1.807, 2.05) is 31.2 Å². The molecule has 0 aliphatic carbocycles. The SMILES string of the molecule is Cc1cccc(/C=C(\NC(=O)c2ccccc2)C(=O)Nc2ccc(SCC(=O)Nc3ccc([N+](=O)[O-])cc3C)cc2)c1. The lowest BCUT2D eigenvalue weighted by molar-refractivity contribution is -0.384. The largest absolute Gasteiger partial charge is 0.325 e. The Hall–Kier alpha value is -5.22. The molecule has 0 spiro atoms. The van der Waals surface area contributed by atoms with E-state index < -0.39 is 16.7 Å². The number of anilines is 2. The minimum atomic E-state index is -0.487. The van der Waals surface area contributed by atoms with E-state index in [4.69, 9.17) is 0 Å². The zero-order valence-corrected chi connectivity index (χ0v) is 23.7. The van der Waals surface area contributed by atoms with Gasteiger partial charge in [-0.3, -0.25) is 24.5 Å². The highest BCUT2D eigenvalue weighted by Gasteiger charge is 2.16. The molecule has 0 aliphatic rings. The van der Waals surface area contributed by atoms with Gasteiger partial charge in [0.25, 0.3) is 17.5 Å². The van der Waals surface area contributed by atoms with Crippen LogP contribution in [-0.4, -0.2) is 28.4 Å². The third-order valence-electron chi connectivity index (χ3n) is 6.06. The molecule has 0 bridgehead atoms. The molecule has 3 N–H and O–H groups in total. The molecule has 0 saturated carbocycles. The third-order valence-corrected chi connectivity index (χ3v) is 7.07. The van der Waals surface area contributed by atoms with Gasteiger partial charge in [0, 0.05) is 34.0 Å². The Morgan fingerprint density at radius 2 is 1.60 bits per heavy atom. The van der Waals surface area contributed by atoms with E-state index in [9.17, 15) is 24.5 Å². The highest BCUT2D eigenvalue weighted by Crippen LogP contribution is 2.24. The van der Waals surface area contributed by atoms with E-state index in [0.29, 0.717) is 22.5 Å². The predicted molar refractivity (Wildman–Crippen MR) is 165 cm³/mol. The second kappa shape index (κ2) is 13.9. The van der Waals surface area contributed by atoms with Crippen molar-refractivity contribution in [1.29, 1.82) is 0 Å². The molecule has 10 heteroatoms. The molecule has 9 nitrogen and oxygen atoms in total. The Balaban J connectivity index is 1.39. The van der Waals surface area contributed by atoms with E-state index >= 15 is 0 Å². The minimum absolute atomic E-state index is 0.0385. The van der Waals surface area contributed by atoms with Gasteiger partial charge in [0.15, 0.2) is 0 Å². The molecular formula is C32H28N4O5S. The zero-order chi connectivity index (χ0) is 30.1. The third kappa shape index (κ3) is 8.39. The number of nitrogens with one attached hydrogen (secondary N) is 3. The molecule has 4 aromatic carbocycles. The Morgan fingerprint density at radius 3 is 2.26 bits per heavy atom. The van der Waals surface area contributed by atoms with Crippen molar-refractivity contribution in [3.8, 4) is 0 Å². The van der Waals surface area contributed by atoms with E-state index in [0.717, 1.165) is 16.0 Å². The summed E-state index contributed by atoms with van der Waals surface area (Å²) < 4.78 is 0. The Morgan fingerprint density at radius 1 is 0.857 bits per heavy atom. The quantitative estimate of drug-likeness (QED) is 0.0867. The predicted octanol–water partition coefficient (Wildman–Crippen LogP) is 6.35. The summed E-state index contributed by atoms with van der Waals surface area (Å²) in [6, 6.07) is 27.4. The molecule has 0 atom stereocenters. The van der Waals surface area contributed by atoms with Crippen LogP contribution in [0.25, 0.3) is 6.08 Å². The molecular weight excluding hydrogens is 552 g/mol. The molecule has 42 heavy (non-hydrogen) atoms. The number of non-ortho nitro benzene ring substituents is 1. The Bertz CT molecular complexity index is 1650. The first-order valence-corrected chi connectivity index (χ1v) is 13.9. The van der Waals surface area contributed by atoms with Crippen molar-refractivity contribution < 1.29 is 19.3 Å². The molecule has 3 amide bonds. The first-order valence-electron chi connectivity index (χ1n) is 12.9. The van der Waals surface area contributed by atoms with Crippen LogP contribution in [0.15, 0.2) is 108 Å². The van der Waals surface area contributed by atoms with Crippen molar-refractivity contribution in [3.05, 3.63) is 135 Å². The highest BCUT2D eigenvalue weighted by molar-refractivity contribution is 8.00. The van der Waals surface area contributed by atoms with Gasteiger partial charge in [0.2, 0.25) is 5.91 Å². The van der Waals surface area contributed by atoms with E-state index in [-0.39, 0.29) is 23.0 Å². The Kier molecular flexibility index (Phi) is 9.85. The number of thioether (sulfide) groups is 1. The van der Waals surface area contributed by atoms with Crippen LogP contribution in [-0.2, 0) is 9.59 Å². The van der Waals surface area contributed by atoms with Crippen LogP contribution in [0.3, 0.4) is 0 Å². The van der Waals surface area contributed by atoms with Crippen LogP contribution in [0.2, 0.25) is 0 Å². The maximum atomic E-state index is 13.2. The number of carbonyl (C=O) groups excluding carboxylic acids is 3. The van der Waals surface area contributed by atoms with E-state index in [1.54, 1.807) is 67.6 Å². The number of nitrogens with zero attached hydrogens (tertiary/aromatic N) is 1. The molecule has 4 rings (SSSR count). The molecule has 0 saturated heterocycles. The van der Waals surface area contributed by atoms with Crippen LogP contribution in [0.4, 0.5) is 17.1 Å². The molecule has 0 fully saturated rings. The summed E-state index contributed by atoms with van der Waals surface area (Å²) in [6.45, 7) is 3.64. The number of nitro benzene ring substituents is 1. The second-order valence-corrected chi connectivity index (χ2v) is 10.4. The van der Waals surface area contributed by atoms with Gasteiger partial charge in [-0.05, 0) is 73.5 Å². The van der Waals surface area contributed by atoms with Crippen molar-refractivity contribution in [2.75, 3.05) is 16.4 Å². The number of hydrogen-bond donors (Lipinski definition) is 3. The summed E-state index contributed by atoms with van der Waals surface area (Å²) in [5.41, 5.74) is 3.88. The molecule has 212 valence electrons. The lowest BCUT2D eigenvalue weighted by atomic mass is 10.1. The van der Waals surface area contributed by atoms with Crippen molar-refractivity contribution in [3.63, 3.8) is 0 Å². The zero-order valence-electron chi connectivity index (χ0n) is 22.9. The monoisotopic (exact) mass is 580 g/mol. The van der Waals surface area contributed by atoms with Gasteiger partial charge in [-0.2, -0.15) is 0 Å². The maximum absolute atomic E-state index is 13.2. The summed E-state index contributed by atoms with van der Waals surface area (Å²) in [5.74, 6) is -1.02. The lowest BCUT2D eigenvalue weighted by Crippen LogP contribution is -2.30. The lowest BCUT2D eigenvalue weighted by Gasteiger charge is -2.12. The highest BCUT2D eigenvalue weighted by atomic mass is 32.2. The van der Waals surface area contributed by atoms with Gasteiger partial charge in [-0.1, -0.05) is 48.0 Å². The number of carbonyl (C=O) groups is 3. The van der Waals surface area contributed by atoms with E-state index in [2.05, 4.69) is 16.0 Å². The van der Waals surface area contributed by atoms with Gasteiger partial charge in [0.1, 0.15) is 5.70 Å². The Labute approximate surface area is 247 Å². The molecule has 4 aromatic rings. The van der Waals surface area contributed by atoms with Crippen LogP contribution in [0, 0.1) is 24.0 Å². The summed E-state index contributed by atoms with van der Waals surface area (Å²) in [4.78, 5) is 49.7. The summed E-state index contributed by atoms with van der Waals surface area (Å²) in [5, 5.41) is 19.2. The van der Waals surface area contributed by atoms with Crippen molar-refractivity contribution in [2.24, 2.45) is 0 Å². The fourth-order valence-corrected chi connectivity index (χ4v) is 4.64. The molecule has 0 aromatic heterocycles. The first kappa shape index (κ1) is 29.8. The van der Waals surface area contributed by atoms with Gasteiger partial charge in [-0.15, -0.1) is 11.8 Å². The average Bonchev–Trinajstić information content (AvgIpc) is 2.98. The number of aryl methyl sites for hydroxylation is 2. The fourth-order valence-electron chi connectivity index (χ4n) is 3.94. The topological polar surface area (TPSA) is 130 Å². The number of hydrogen-bond acceptors (Lipinski definition) is 6. The number of benzene rings is 4. The van der Waals surface area contributed by atoms with Gasteiger partial charge in [0.05, 0.1) is 10.7 Å². The van der Waals surface area contributed by atoms with Gasteiger partial charge < -0.3 is 16.0 Å². The van der Waals surface area contributed by atoms with Crippen LogP contribution in [0.1, 0.15) is 27.0 Å². The summed E-state index contributed by atoms with van der Waals surface area (Å²) in [7, 11) is 0. The van der Waals surface area contributed by atoms with Crippen LogP contribution in [0.5, 0.6) is 0 Å². The van der Waals surface area contributed by atoms with E-state index in [1.165, 1.54) is 30.0 Å². The number of rotatable bonds is 10. The van der Waals surface area contributed by atoms with Crippen LogP contribution >= 0.6 is 11.8 Å².